The number of carbonyl (C=O) groups excluding carboxylic acids is 2. The zero-order valence-corrected chi connectivity index (χ0v) is 13.1. The first-order valence-corrected chi connectivity index (χ1v) is 7.23. The Morgan fingerprint density at radius 3 is 2.29 bits per heavy atom. The van der Waals surface area contributed by atoms with E-state index in [9.17, 15) is 9.59 Å². The lowest BCUT2D eigenvalue weighted by atomic mass is 10.1. The lowest BCUT2D eigenvalue weighted by Gasteiger charge is -2.13. The smallest absolute Gasteiger partial charge is 0.251 e. The van der Waals surface area contributed by atoms with Gasteiger partial charge in [0.05, 0.1) is 12.7 Å². The Hall–Kier alpha value is -1.88. The predicted molar refractivity (Wildman–Crippen MR) is 82.0 cm³/mol. The molecule has 1 atom stereocenters. The van der Waals surface area contributed by atoms with E-state index in [2.05, 4.69) is 10.6 Å². The van der Waals surface area contributed by atoms with E-state index in [0.29, 0.717) is 18.7 Å². The third-order valence-electron chi connectivity index (χ3n) is 2.89. The minimum atomic E-state index is -0.554. The lowest BCUT2D eigenvalue weighted by molar-refractivity contribution is -0.122. The fourth-order valence-corrected chi connectivity index (χ4v) is 1.69. The van der Waals surface area contributed by atoms with Crippen LogP contribution in [0.25, 0.3) is 0 Å². The fraction of sp³-hybridized carbons (Fsp3) is 0.500. The van der Waals surface area contributed by atoms with Crippen molar-refractivity contribution in [1.82, 2.24) is 10.6 Å². The minimum absolute atomic E-state index is 0.172. The molecule has 0 aliphatic rings. The van der Waals surface area contributed by atoms with Crippen LogP contribution in [-0.4, -0.2) is 30.5 Å². The topological polar surface area (TPSA) is 67.4 Å². The molecule has 0 spiro atoms. The molecule has 0 aliphatic heterocycles. The first-order valence-electron chi connectivity index (χ1n) is 7.23. The van der Waals surface area contributed by atoms with E-state index >= 15 is 0 Å². The van der Waals surface area contributed by atoms with Crippen LogP contribution in [0.15, 0.2) is 24.3 Å². The second-order valence-corrected chi connectivity index (χ2v) is 5.15. The van der Waals surface area contributed by atoms with Crippen LogP contribution >= 0.6 is 0 Å². The van der Waals surface area contributed by atoms with Gasteiger partial charge in [-0.1, -0.05) is 12.1 Å². The molecule has 21 heavy (non-hydrogen) atoms. The summed E-state index contributed by atoms with van der Waals surface area (Å²) in [4.78, 5) is 23.6. The highest BCUT2D eigenvalue weighted by atomic mass is 16.5. The molecule has 1 aromatic carbocycles. The Bertz CT molecular complexity index is 469. The van der Waals surface area contributed by atoms with Crippen LogP contribution in [0.5, 0.6) is 0 Å². The van der Waals surface area contributed by atoms with Crippen molar-refractivity contribution in [3.63, 3.8) is 0 Å². The second-order valence-electron chi connectivity index (χ2n) is 5.15. The fourth-order valence-electron chi connectivity index (χ4n) is 1.69. The zero-order chi connectivity index (χ0) is 15.8. The molecule has 2 amide bonds. The monoisotopic (exact) mass is 292 g/mol. The van der Waals surface area contributed by atoms with E-state index in [1.165, 1.54) is 0 Å². The molecular formula is C16H24N2O3. The maximum absolute atomic E-state index is 12.0. The number of amides is 2. The van der Waals surface area contributed by atoms with Crippen LogP contribution in [0.3, 0.4) is 0 Å². The Balaban J connectivity index is 2.56. The predicted octanol–water partition coefficient (Wildman–Crippen LogP) is 1.87. The Morgan fingerprint density at radius 2 is 1.76 bits per heavy atom. The third-order valence-corrected chi connectivity index (χ3v) is 2.89. The van der Waals surface area contributed by atoms with Crippen LogP contribution in [0.1, 0.15) is 43.6 Å². The summed E-state index contributed by atoms with van der Waals surface area (Å²) in [6.45, 7) is 8.52. The van der Waals surface area contributed by atoms with Crippen LogP contribution < -0.4 is 10.6 Å². The Kier molecular flexibility index (Phi) is 6.88. The van der Waals surface area contributed by atoms with Crippen molar-refractivity contribution in [3.8, 4) is 0 Å². The van der Waals surface area contributed by atoms with Gasteiger partial charge in [-0.2, -0.15) is 0 Å². The summed E-state index contributed by atoms with van der Waals surface area (Å²) in [5.74, 6) is -0.446. The van der Waals surface area contributed by atoms with Gasteiger partial charge in [0, 0.05) is 12.1 Å². The van der Waals surface area contributed by atoms with Gasteiger partial charge < -0.3 is 15.4 Å². The average Bonchev–Trinajstić information content (AvgIpc) is 2.45. The first kappa shape index (κ1) is 17.2. The molecule has 0 aliphatic carbocycles. The van der Waals surface area contributed by atoms with Crippen molar-refractivity contribution in [2.24, 2.45) is 0 Å². The van der Waals surface area contributed by atoms with Crippen molar-refractivity contribution in [2.75, 3.05) is 6.54 Å². The highest BCUT2D eigenvalue weighted by Gasteiger charge is 2.15. The largest absolute Gasteiger partial charge is 0.374 e. The van der Waals surface area contributed by atoms with Gasteiger partial charge in [-0.3, -0.25) is 9.59 Å². The molecule has 0 saturated carbocycles. The summed E-state index contributed by atoms with van der Waals surface area (Å²) in [7, 11) is 0. The van der Waals surface area contributed by atoms with E-state index in [-0.39, 0.29) is 17.9 Å². The molecule has 0 bridgehead atoms. The molecule has 5 nitrogen and oxygen atoms in total. The van der Waals surface area contributed by atoms with Gasteiger partial charge in [-0.15, -0.1) is 0 Å². The maximum Gasteiger partial charge on any atom is 0.251 e. The van der Waals surface area contributed by atoms with Gasteiger partial charge in [0.1, 0.15) is 6.04 Å². The van der Waals surface area contributed by atoms with E-state index in [0.717, 1.165) is 5.56 Å². The maximum atomic E-state index is 12.0. The molecule has 0 saturated heterocycles. The normalized spacial score (nSPS) is 12.0. The number of carbonyl (C=O) groups is 2. The van der Waals surface area contributed by atoms with Crippen molar-refractivity contribution in [3.05, 3.63) is 35.4 Å². The first-order chi connectivity index (χ1) is 9.93. The number of ether oxygens (including phenoxy) is 1. The van der Waals surface area contributed by atoms with E-state index in [4.69, 9.17) is 4.74 Å². The minimum Gasteiger partial charge on any atom is -0.374 e. The SMILES string of the molecule is CCNC(=O)[C@H](C)NC(=O)c1ccc(COC(C)C)cc1. The summed E-state index contributed by atoms with van der Waals surface area (Å²) < 4.78 is 5.50. The van der Waals surface area contributed by atoms with Crippen molar-refractivity contribution < 1.29 is 14.3 Å². The average molecular weight is 292 g/mol. The molecule has 0 aromatic heterocycles. The van der Waals surface area contributed by atoms with Crippen molar-refractivity contribution in [1.29, 1.82) is 0 Å². The van der Waals surface area contributed by atoms with Crippen LogP contribution in [0.2, 0.25) is 0 Å². The van der Waals surface area contributed by atoms with Crippen molar-refractivity contribution >= 4 is 11.8 Å². The van der Waals surface area contributed by atoms with Crippen molar-refractivity contribution in [2.45, 2.75) is 46.4 Å². The molecule has 0 heterocycles. The number of rotatable bonds is 7. The molecular weight excluding hydrogens is 268 g/mol. The second kappa shape index (κ2) is 8.42. The zero-order valence-electron chi connectivity index (χ0n) is 13.1. The van der Waals surface area contributed by atoms with E-state index in [1.807, 2.05) is 32.9 Å². The molecule has 1 aromatic rings. The van der Waals surface area contributed by atoms with E-state index < -0.39 is 6.04 Å². The summed E-state index contributed by atoms with van der Waals surface area (Å²) >= 11 is 0. The van der Waals surface area contributed by atoms with Crippen LogP contribution in [-0.2, 0) is 16.1 Å². The number of hydrogen-bond acceptors (Lipinski definition) is 3. The van der Waals surface area contributed by atoms with Gasteiger partial charge in [0.15, 0.2) is 0 Å². The van der Waals surface area contributed by atoms with E-state index in [1.54, 1.807) is 19.1 Å². The molecule has 0 fully saturated rings. The van der Waals surface area contributed by atoms with Gasteiger partial charge in [-0.05, 0) is 45.4 Å². The standard InChI is InChI=1S/C16H24N2O3/c1-5-17-15(19)12(4)18-16(20)14-8-6-13(7-9-14)10-21-11(2)3/h6-9,11-12H,5,10H2,1-4H3,(H,17,19)(H,18,20)/t12-/m0/s1. The molecule has 2 N–H and O–H groups in total. The number of benzene rings is 1. The highest BCUT2D eigenvalue weighted by molar-refractivity contribution is 5.97. The van der Waals surface area contributed by atoms with Gasteiger partial charge >= 0.3 is 0 Å². The Labute approximate surface area is 126 Å². The van der Waals surface area contributed by atoms with Crippen LogP contribution in [0, 0.1) is 0 Å². The summed E-state index contributed by atoms with van der Waals surface area (Å²) in [6, 6.07) is 6.63. The number of likely N-dealkylation sites (N-methyl/N-ethyl adjacent to an activating group) is 1. The van der Waals surface area contributed by atoms with Gasteiger partial charge in [0.25, 0.3) is 5.91 Å². The summed E-state index contributed by atoms with van der Waals surface area (Å²) in [6.07, 6.45) is 0.172. The van der Waals surface area contributed by atoms with Gasteiger partial charge in [0.2, 0.25) is 5.91 Å². The van der Waals surface area contributed by atoms with Gasteiger partial charge in [-0.25, -0.2) is 0 Å². The quantitative estimate of drug-likeness (QED) is 0.806. The summed E-state index contributed by atoms with van der Waals surface area (Å²) in [5, 5.41) is 5.34. The Morgan fingerprint density at radius 1 is 1.14 bits per heavy atom. The number of hydrogen-bond donors (Lipinski definition) is 2. The molecule has 5 heteroatoms. The molecule has 116 valence electrons. The highest BCUT2D eigenvalue weighted by Crippen LogP contribution is 2.07. The third kappa shape index (κ3) is 5.95. The van der Waals surface area contributed by atoms with Crippen LogP contribution in [0.4, 0.5) is 0 Å². The molecule has 0 unspecified atom stereocenters. The molecule has 0 radical (unpaired) electrons. The molecule has 1 rings (SSSR count). The lowest BCUT2D eigenvalue weighted by Crippen LogP contribution is -2.44. The summed E-state index contributed by atoms with van der Waals surface area (Å²) in [5.41, 5.74) is 1.54. The number of nitrogens with one attached hydrogen (secondary N) is 2.